The van der Waals surface area contributed by atoms with Crippen LogP contribution in [0, 0.1) is 0 Å². The number of carbonyl (C=O) groups excluding carboxylic acids is 1. The normalized spacial score (nSPS) is 12.5. The van der Waals surface area contributed by atoms with Crippen molar-refractivity contribution in [3.05, 3.63) is 34.9 Å². The average molecular weight is 169 g/mol. The van der Waals surface area contributed by atoms with Gasteiger partial charge >= 0.3 is 0 Å². The van der Waals surface area contributed by atoms with Crippen molar-refractivity contribution in [2.75, 3.05) is 0 Å². The largest absolute Gasteiger partial charge is 0.317 e. The highest BCUT2D eigenvalue weighted by Gasteiger charge is 2.03. The lowest BCUT2D eigenvalue weighted by Crippen LogP contribution is -2.10. The Labute approximate surface area is 70.0 Å². The Hall–Kier alpha value is -0.860. The minimum atomic E-state index is -0.660. The van der Waals surface area contributed by atoms with Crippen LogP contribution in [0.25, 0.3) is 0 Å². The third-order valence-electron chi connectivity index (χ3n) is 1.36. The second-order valence-corrected chi connectivity index (χ2v) is 2.58. The van der Waals surface area contributed by atoms with E-state index in [2.05, 4.69) is 0 Å². The van der Waals surface area contributed by atoms with Gasteiger partial charge in [-0.05, 0) is 17.7 Å². The molecule has 1 unspecified atom stereocenters. The van der Waals surface area contributed by atoms with Crippen LogP contribution in [0.5, 0.6) is 0 Å². The highest BCUT2D eigenvalue weighted by molar-refractivity contribution is 6.30. The number of hydrogen-bond donors (Lipinski definition) is 1. The van der Waals surface area contributed by atoms with E-state index in [1.807, 2.05) is 0 Å². The van der Waals surface area contributed by atoms with Crippen molar-refractivity contribution < 1.29 is 4.79 Å². The molecule has 0 aliphatic carbocycles. The van der Waals surface area contributed by atoms with Gasteiger partial charge in [-0.2, -0.15) is 0 Å². The molecule has 11 heavy (non-hydrogen) atoms. The summed E-state index contributed by atoms with van der Waals surface area (Å²) in [5, 5.41) is 0.631. The van der Waals surface area contributed by atoms with Crippen LogP contribution in [0.3, 0.4) is 0 Å². The fourth-order valence-electron chi connectivity index (χ4n) is 0.738. The predicted octanol–water partition coefficient (Wildman–Crippen LogP) is 1.45. The molecule has 0 aromatic heterocycles. The highest BCUT2D eigenvalue weighted by Crippen LogP contribution is 2.12. The zero-order valence-corrected chi connectivity index (χ0v) is 6.51. The third-order valence-corrected chi connectivity index (χ3v) is 1.61. The minimum Gasteiger partial charge on any atom is -0.317 e. The molecule has 1 aromatic rings. The van der Waals surface area contributed by atoms with Crippen molar-refractivity contribution in [1.82, 2.24) is 0 Å². The standard InChI is InChI=1S/C8H7ClNO/c9-7-3-1-6(2-4-7)8(10)5-11/h1-4,8H,10H2. The van der Waals surface area contributed by atoms with Crippen molar-refractivity contribution in [2.45, 2.75) is 6.04 Å². The Morgan fingerprint density at radius 3 is 2.36 bits per heavy atom. The number of rotatable bonds is 2. The number of benzene rings is 1. The Balaban J connectivity index is 2.89. The van der Waals surface area contributed by atoms with Crippen LogP contribution in [-0.2, 0) is 4.79 Å². The molecule has 0 heterocycles. The van der Waals surface area contributed by atoms with Gasteiger partial charge < -0.3 is 5.73 Å². The molecule has 0 saturated heterocycles. The van der Waals surface area contributed by atoms with Gasteiger partial charge in [-0.25, -0.2) is 0 Å². The van der Waals surface area contributed by atoms with Crippen LogP contribution < -0.4 is 5.73 Å². The summed E-state index contributed by atoms with van der Waals surface area (Å²) < 4.78 is 0. The molecule has 0 bridgehead atoms. The molecule has 0 amide bonds. The molecule has 1 atom stereocenters. The fourth-order valence-corrected chi connectivity index (χ4v) is 0.864. The predicted molar refractivity (Wildman–Crippen MR) is 44.1 cm³/mol. The molecule has 0 spiro atoms. The lowest BCUT2D eigenvalue weighted by atomic mass is 10.1. The van der Waals surface area contributed by atoms with Gasteiger partial charge in [0.05, 0.1) is 6.04 Å². The first-order chi connectivity index (χ1) is 5.24. The number of nitrogens with two attached hydrogens (primary N) is 1. The summed E-state index contributed by atoms with van der Waals surface area (Å²) >= 11 is 5.62. The Morgan fingerprint density at radius 1 is 1.36 bits per heavy atom. The molecule has 0 saturated carbocycles. The molecular weight excluding hydrogens is 162 g/mol. The molecule has 1 rings (SSSR count). The maximum absolute atomic E-state index is 10.1. The van der Waals surface area contributed by atoms with E-state index >= 15 is 0 Å². The summed E-state index contributed by atoms with van der Waals surface area (Å²) in [6, 6.07) is 6.13. The number of hydrogen-bond acceptors (Lipinski definition) is 2. The van der Waals surface area contributed by atoms with Gasteiger partial charge in [-0.1, -0.05) is 23.7 Å². The Morgan fingerprint density at radius 2 is 1.91 bits per heavy atom. The Kier molecular flexibility index (Phi) is 2.63. The first-order valence-corrected chi connectivity index (χ1v) is 3.50. The molecular formula is C8H7ClNO. The molecule has 0 fully saturated rings. The van der Waals surface area contributed by atoms with Gasteiger partial charge in [0, 0.05) is 5.02 Å². The second kappa shape index (κ2) is 3.51. The summed E-state index contributed by atoms with van der Waals surface area (Å²) in [6.45, 7) is 0. The van der Waals surface area contributed by atoms with Crippen LogP contribution in [0.1, 0.15) is 11.6 Å². The van der Waals surface area contributed by atoms with Gasteiger partial charge in [0.1, 0.15) is 0 Å². The number of halogens is 1. The van der Waals surface area contributed by atoms with Crippen LogP contribution in [0.15, 0.2) is 24.3 Å². The van der Waals surface area contributed by atoms with E-state index in [1.165, 1.54) is 0 Å². The lowest BCUT2D eigenvalue weighted by Gasteiger charge is -2.01. The smallest absolute Gasteiger partial charge is 0.221 e. The van der Waals surface area contributed by atoms with E-state index in [4.69, 9.17) is 17.3 Å². The third kappa shape index (κ3) is 2.03. The van der Waals surface area contributed by atoms with Gasteiger partial charge in [-0.3, -0.25) is 4.79 Å². The van der Waals surface area contributed by atoms with Crippen molar-refractivity contribution in [3.8, 4) is 0 Å². The molecule has 1 radical (unpaired) electrons. The van der Waals surface area contributed by atoms with E-state index < -0.39 is 6.04 Å². The van der Waals surface area contributed by atoms with Gasteiger partial charge in [0.15, 0.2) is 0 Å². The van der Waals surface area contributed by atoms with Gasteiger partial charge in [0.25, 0.3) is 0 Å². The Bertz CT molecular complexity index is 245. The first-order valence-electron chi connectivity index (χ1n) is 3.13. The average Bonchev–Trinajstić information content (AvgIpc) is 2.05. The van der Waals surface area contributed by atoms with E-state index in [1.54, 1.807) is 30.6 Å². The SMILES string of the molecule is NC([C]=O)c1ccc(Cl)cc1. The van der Waals surface area contributed by atoms with Crippen LogP contribution in [0.2, 0.25) is 5.02 Å². The van der Waals surface area contributed by atoms with E-state index in [-0.39, 0.29) is 0 Å². The molecule has 0 aliphatic heterocycles. The fraction of sp³-hybridized carbons (Fsp3) is 0.125. The van der Waals surface area contributed by atoms with Crippen LogP contribution in [-0.4, -0.2) is 6.29 Å². The second-order valence-electron chi connectivity index (χ2n) is 2.15. The summed E-state index contributed by atoms with van der Waals surface area (Å²) in [7, 11) is 0. The minimum absolute atomic E-state index is 0.631. The maximum atomic E-state index is 10.1. The summed E-state index contributed by atoms with van der Waals surface area (Å²) in [4.78, 5) is 10.1. The van der Waals surface area contributed by atoms with E-state index in [9.17, 15) is 4.79 Å². The van der Waals surface area contributed by atoms with Crippen molar-refractivity contribution in [2.24, 2.45) is 5.73 Å². The zero-order valence-electron chi connectivity index (χ0n) is 5.75. The monoisotopic (exact) mass is 168 g/mol. The summed E-state index contributed by atoms with van der Waals surface area (Å²) in [5.41, 5.74) is 6.10. The maximum Gasteiger partial charge on any atom is 0.221 e. The molecule has 57 valence electrons. The van der Waals surface area contributed by atoms with Crippen molar-refractivity contribution in [3.63, 3.8) is 0 Å². The highest BCUT2D eigenvalue weighted by atomic mass is 35.5. The van der Waals surface area contributed by atoms with E-state index in [0.29, 0.717) is 5.02 Å². The van der Waals surface area contributed by atoms with Crippen LogP contribution in [0.4, 0.5) is 0 Å². The molecule has 2 N–H and O–H groups in total. The van der Waals surface area contributed by atoms with E-state index in [0.717, 1.165) is 5.56 Å². The van der Waals surface area contributed by atoms with Gasteiger partial charge in [-0.15, -0.1) is 0 Å². The molecule has 3 heteroatoms. The van der Waals surface area contributed by atoms with Gasteiger partial charge in [0.2, 0.25) is 6.29 Å². The quantitative estimate of drug-likeness (QED) is 0.727. The topological polar surface area (TPSA) is 43.1 Å². The lowest BCUT2D eigenvalue weighted by molar-refractivity contribution is 0.544. The molecule has 2 nitrogen and oxygen atoms in total. The van der Waals surface area contributed by atoms with Crippen molar-refractivity contribution >= 4 is 17.9 Å². The summed E-state index contributed by atoms with van der Waals surface area (Å²) in [6.07, 6.45) is 1.69. The van der Waals surface area contributed by atoms with Crippen LogP contribution >= 0.6 is 11.6 Å². The summed E-state index contributed by atoms with van der Waals surface area (Å²) in [5.74, 6) is 0. The zero-order chi connectivity index (χ0) is 8.27. The first kappa shape index (κ1) is 8.24. The molecule has 0 aliphatic rings. The molecule has 1 aromatic carbocycles. The van der Waals surface area contributed by atoms with Crippen molar-refractivity contribution in [1.29, 1.82) is 0 Å².